The molecule has 9 nitrogen and oxygen atoms in total. The molecule has 1 fully saturated rings. The molecule has 1 amide bonds. The van der Waals surface area contributed by atoms with Gasteiger partial charge < -0.3 is 14.8 Å². The number of carbonyl (C=O) groups is 2. The number of anilines is 1. The molecule has 190 valence electrons. The molecule has 1 atom stereocenters. The van der Waals surface area contributed by atoms with E-state index in [4.69, 9.17) is 4.74 Å². The number of halogens is 4. The molecule has 4 rings (SSSR count). The average Bonchev–Trinajstić information content (AvgIpc) is 3.43. The van der Waals surface area contributed by atoms with Crippen molar-refractivity contribution in [1.82, 2.24) is 20.6 Å². The molecule has 1 aliphatic rings. The van der Waals surface area contributed by atoms with Gasteiger partial charge in [0.05, 0.1) is 17.1 Å². The summed E-state index contributed by atoms with van der Waals surface area (Å²) in [6, 6.07) is 7.07. The van der Waals surface area contributed by atoms with E-state index in [-0.39, 0.29) is 34.3 Å². The molecule has 0 aliphatic heterocycles. The van der Waals surface area contributed by atoms with Crippen molar-refractivity contribution in [2.45, 2.75) is 51.0 Å². The zero-order valence-corrected chi connectivity index (χ0v) is 19.1. The van der Waals surface area contributed by atoms with Crippen LogP contribution in [0.5, 0.6) is 5.75 Å². The Labute approximate surface area is 202 Å². The number of rotatable bonds is 8. The highest BCUT2D eigenvalue weighted by Gasteiger charge is 2.53. The molecular formula is C23H21F4N5O4. The molecule has 0 radical (unpaired) electrons. The van der Waals surface area contributed by atoms with Gasteiger partial charge in [0.1, 0.15) is 11.6 Å². The third kappa shape index (κ3) is 5.29. The Kier molecular flexibility index (Phi) is 6.65. The van der Waals surface area contributed by atoms with Gasteiger partial charge in [-0.2, -0.15) is 0 Å². The molecule has 13 heteroatoms. The fraction of sp³-hybridized carbons (Fsp3) is 0.348. The number of hydrogen-bond acceptors (Lipinski definition) is 7. The van der Waals surface area contributed by atoms with Gasteiger partial charge in [-0.05, 0) is 60.9 Å². The van der Waals surface area contributed by atoms with Crippen LogP contribution in [0.1, 0.15) is 49.0 Å². The number of aromatic nitrogens is 4. The Hall–Kier alpha value is -4.03. The second kappa shape index (κ2) is 9.55. The summed E-state index contributed by atoms with van der Waals surface area (Å²) in [6.07, 6.45) is -4.08. The molecule has 1 heterocycles. The maximum absolute atomic E-state index is 14.7. The van der Waals surface area contributed by atoms with Gasteiger partial charge in [0, 0.05) is 22.9 Å². The van der Waals surface area contributed by atoms with Crippen LogP contribution in [0.25, 0.3) is 11.4 Å². The number of esters is 1. The van der Waals surface area contributed by atoms with Gasteiger partial charge in [0.25, 0.3) is 0 Å². The lowest BCUT2D eigenvalue weighted by Crippen LogP contribution is -2.29. The first-order chi connectivity index (χ1) is 17.0. The van der Waals surface area contributed by atoms with Gasteiger partial charge in [-0.1, -0.05) is 13.0 Å². The number of nitrogens with zero attached hydrogens (tertiary/aromatic N) is 3. The first-order valence-electron chi connectivity index (χ1n) is 11.0. The molecule has 1 saturated carbocycles. The Morgan fingerprint density at radius 1 is 1.19 bits per heavy atom. The van der Waals surface area contributed by atoms with Crippen molar-refractivity contribution in [3.05, 3.63) is 53.3 Å². The van der Waals surface area contributed by atoms with Crippen molar-refractivity contribution in [2.75, 3.05) is 5.32 Å². The summed E-state index contributed by atoms with van der Waals surface area (Å²) in [5, 5.41) is 16.1. The number of nitrogens with one attached hydrogen (secondary N) is 2. The Morgan fingerprint density at radius 3 is 2.53 bits per heavy atom. The van der Waals surface area contributed by atoms with Crippen molar-refractivity contribution in [3.8, 4) is 17.1 Å². The third-order valence-electron chi connectivity index (χ3n) is 5.86. The molecule has 1 aliphatic carbocycles. The van der Waals surface area contributed by atoms with E-state index in [1.165, 1.54) is 18.2 Å². The SMILES string of the molecule is CC[C@@H](C)OC(=O)c1ccc(NC(=O)C2(c3ccc(OC(F)(F)F)cc3F)CC2)cc1-c1nnn[nH]1. The fourth-order valence-corrected chi connectivity index (χ4v) is 3.67. The molecule has 1 aromatic heterocycles. The number of H-pyrrole nitrogens is 1. The highest BCUT2D eigenvalue weighted by molar-refractivity contribution is 6.03. The number of ether oxygens (including phenoxy) is 2. The predicted octanol–water partition coefficient (Wildman–Crippen LogP) is 4.53. The minimum absolute atomic E-state index is 0.0390. The summed E-state index contributed by atoms with van der Waals surface area (Å²) in [5.41, 5.74) is -0.573. The van der Waals surface area contributed by atoms with Crippen LogP contribution in [0, 0.1) is 5.82 Å². The molecule has 0 saturated heterocycles. The molecule has 0 unspecified atom stereocenters. The number of alkyl halides is 3. The first-order valence-corrected chi connectivity index (χ1v) is 11.0. The van der Waals surface area contributed by atoms with Crippen LogP contribution < -0.4 is 10.1 Å². The van der Waals surface area contributed by atoms with E-state index < -0.39 is 35.2 Å². The van der Waals surface area contributed by atoms with Crippen LogP contribution in [0.15, 0.2) is 36.4 Å². The van der Waals surface area contributed by atoms with E-state index in [1.54, 1.807) is 6.92 Å². The Bertz CT molecular complexity index is 1280. The number of hydrogen-bond donors (Lipinski definition) is 2. The fourth-order valence-electron chi connectivity index (χ4n) is 3.67. The van der Waals surface area contributed by atoms with Gasteiger partial charge in [-0.15, -0.1) is 18.3 Å². The van der Waals surface area contributed by atoms with Crippen LogP contribution in [-0.4, -0.2) is 45.0 Å². The lowest BCUT2D eigenvalue weighted by atomic mass is 9.94. The number of carbonyl (C=O) groups excluding carboxylic acids is 2. The molecule has 36 heavy (non-hydrogen) atoms. The largest absolute Gasteiger partial charge is 0.573 e. The predicted molar refractivity (Wildman–Crippen MR) is 117 cm³/mol. The van der Waals surface area contributed by atoms with Gasteiger partial charge in [-0.3, -0.25) is 4.79 Å². The van der Waals surface area contributed by atoms with E-state index >= 15 is 0 Å². The van der Waals surface area contributed by atoms with Crippen molar-refractivity contribution in [3.63, 3.8) is 0 Å². The lowest BCUT2D eigenvalue weighted by Gasteiger charge is -2.18. The van der Waals surface area contributed by atoms with Crippen molar-refractivity contribution >= 4 is 17.6 Å². The number of tetrazole rings is 1. The Morgan fingerprint density at radius 2 is 1.94 bits per heavy atom. The third-order valence-corrected chi connectivity index (χ3v) is 5.86. The van der Waals surface area contributed by atoms with Gasteiger partial charge in [0.2, 0.25) is 5.91 Å². The average molecular weight is 507 g/mol. The summed E-state index contributed by atoms with van der Waals surface area (Å²) >= 11 is 0. The summed E-state index contributed by atoms with van der Waals surface area (Å²) < 4.78 is 61.1. The second-order valence-electron chi connectivity index (χ2n) is 8.36. The van der Waals surface area contributed by atoms with E-state index in [0.29, 0.717) is 25.3 Å². The van der Waals surface area contributed by atoms with Crippen LogP contribution in [-0.2, 0) is 14.9 Å². The Balaban J connectivity index is 1.58. The van der Waals surface area contributed by atoms with E-state index in [2.05, 4.69) is 30.7 Å². The number of aromatic amines is 1. The minimum Gasteiger partial charge on any atom is -0.459 e. The smallest absolute Gasteiger partial charge is 0.459 e. The monoisotopic (exact) mass is 507 g/mol. The molecule has 0 spiro atoms. The second-order valence-corrected chi connectivity index (χ2v) is 8.36. The normalized spacial score (nSPS) is 15.2. The standard InChI is InChI=1S/C23H21F4N5O4/c1-3-12(2)35-20(33)15-6-4-13(10-16(15)19-29-31-32-30-19)28-21(34)22(8-9-22)17-7-5-14(11-18(17)24)36-23(25,26)27/h4-7,10-12H,3,8-9H2,1-2H3,(H,28,34)(H,29,30,31,32)/t12-/m1/s1. The molecule has 2 aromatic carbocycles. The zero-order chi connectivity index (χ0) is 26.1. The first kappa shape index (κ1) is 25.1. The van der Waals surface area contributed by atoms with Crippen LogP contribution >= 0.6 is 0 Å². The van der Waals surface area contributed by atoms with E-state index in [9.17, 15) is 27.2 Å². The van der Waals surface area contributed by atoms with Crippen molar-refractivity contribution < 1.29 is 36.6 Å². The van der Waals surface area contributed by atoms with E-state index in [0.717, 1.165) is 12.1 Å². The number of amides is 1. The van der Waals surface area contributed by atoms with Crippen LogP contribution in [0.2, 0.25) is 0 Å². The zero-order valence-electron chi connectivity index (χ0n) is 19.1. The molecular weight excluding hydrogens is 486 g/mol. The summed E-state index contributed by atoms with van der Waals surface area (Å²) in [5.74, 6) is -2.70. The van der Waals surface area contributed by atoms with Crippen LogP contribution in [0.4, 0.5) is 23.2 Å². The van der Waals surface area contributed by atoms with Crippen LogP contribution in [0.3, 0.4) is 0 Å². The maximum Gasteiger partial charge on any atom is 0.573 e. The van der Waals surface area contributed by atoms with E-state index in [1.807, 2.05) is 6.92 Å². The summed E-state index contributed by atoms with van der Waals surface area (Å²) in [4.78, 5) is 25.8. The summed E-state index contributed by atoms with van der Waals surface area (Å²) in [7, 11) is 0. The highest BCUT2D eigenvalue weighted by atomic mass is 19.4. The van der Waals surface area contributed by atoms with Crippen molar-refractivity contribution in [1.29, 1.82) is 0 Å². The van der Waals surface area contributed by atoms with Gasteiger partial charge >= 0.3 is 12.3 Å². The van der Waals surface area contributed by atoms with Gasteiger partial charge in [0.15, 0.2) is 5.82 Å². The highest BCUT2D eigenvalue weighted by Crippen LogP contribution is 2.50. The number of benzene rings is 2. The lowest BCUT2D eigenvalue weighted by molar-refractivity contribution is -0.274. The topological polar surface area (TPSA) is 119 Å². The summed E-state index contributed by atoms with van der Waals surface area (Å²) in [6.45, 7) is 3.61. The minimum atomic E-state index is -4.97. The maximum atomic E-state index is 14.7. The van der Waals surface area contributed by atoms with Gasteiger partial charge in [-0.25, -0.2) is 14.3 Å². The molecule has 2 N–H and O–H groups in total. The quantitative estimate of drug-likeness (QED) is 0.340. The van der Waals surface area contributed by atoms with Crippen molar-refractivity contribution in [2.24, 2.45) is 0 Å². The molecule has 3 aromatic rings. The molecule has 0 bridgehead atoms.